The number of ether oxygens (including phenoxy) is 1. The Kier molecular flexibility index (Phi) is 8.36. The summed E-state index contributed by atoms with van der Waals surface area (Å²) < 4.78 is 6.15. The van der Waals surface area contributed by atoms with E-state index in [9.17, 15) is 0 Å². The van der Waals surface area contributed by atoms with Crippen LogP contribution in [0.1, 0.15) is 71.4 Å². The number of unbranched alkanes of at least 4 members (excludes halogenated alkanes) is 3. The van der Waals surface area contributed by atoms with Crippen LogP contribution in [0.3, 0.4) is 0 Å². The van der Waals surface area contributed by atoms with E-state index < -0.39 is 0 Å². The van der Waals surface area contributed by atoms with Gasteiger partial charge in [-0.15, -0.1) is 0 Å². The van der Waals surface area contributed by atoms with Crippen molar-refractivity contribution in [2.24, 2.45) is 0 Å². The minimum atomic E-state index is 0.293. The predicted octanol–water partition coefficient (Wildman–Crippen LogP) is 5.09. The first kappa shape index (κ1) is 17.0. The van der Waals surface area contributed by atoms with Gasteiger partial charge in [-0.3, -0.25) is 0 Å². The van der Waals surface area contributed by atoms with E-state index in [1.165, 1.54) is 31.2 Å². The van der Waals surface area contributed by atoms with Crippen LogP contribution in [0.4, 0.5) is 0 Å². The number of para-hydroxylation sites is 1. The van der Waals surface area contributed by atoms with Gasteiger partial charge in [0.2, 0.25) is 0 Å². The topological polar surface area (TPSA) is 21.3 Å². The first-order valence-electron chi connectivity index (χ1n) is 8.18. The van der Waals surface area contributed by atoms with E-state index in [2.05, 4.69) is 57.3 Å². The van der Waals surface area contributed by atoms with Gasteiger partial charge in [0.1, 0.15) is 5.75 Å². The van der Waals surface area contributed by atoms with Gasteiger partial charge in [0.05, 0.1) is 6.10 Å². The lowest BCUT2D eigenvalue weighted by Crippen LogP contribution is -2.20. The van der Waals surface area contributed by atoms with Gasteiger partial charge in [-0.2, -0.15) is 0 Å². The maximum atomic E-state index is 6.15. The molecule has 0 saturated heterocycles. The minimum Gasteiger partial charge on any atom is -0.490 e. The molecule has 1 rings (SSSR count). The number of rotatable bonds is 10. The molecule has 2 atom stereocenters. The molecule has 1 aromatic rings. The first-order valence-corrected chi connectivity index (χ1v) is 8.18. The van der Waals surface area contributed by atoms with Crippen molar-refractivity contribution in [2.45, 2.75) is 71.9 Å². The lowest BCUT2D eigenvalue weighted by atomic mass is 10.1. The van der Waals surface area contributed by atoms with E-state index in [0.29, 0.717) is 12.1 Å². The Morgan fingerprint density at radius 3 is 2.50 bits per heavy atom. The molecule has 0 aliphatic carbocycles. The van der Waals surface area contributed by atoms with Crippen molar-refractivity contribution < 1.29 is 4.74 Å². The molecule has 1 N–H and O–H groups in total. The molecule has 2 unspecified atom stereocenters. The van der Waals surface area contributed by atoms with Crippen molar-refractivity contribution in [3.05, 3.63) is 29.8 Å². The normalized spacial score (nSPS) is 14.0. The largest absolute Gasteiger partial charge is 0.490 e. The van der Waals surface area contributed by atoms with Crippen LogP contribution in [0.2, 0.25) is 0 Å². The molecular formula is C18H31NO. The summed E-state index contributed by atoms with van der Waals surface area (Å²) in [5, 5.41) is 3.46. The van der Waals surface area contributed by atoms with Gasteiger partial charge in [-0.1, -0.05) is 51.3 Å². The van der Waals surface area contributed by atoms with Crippen molar-refractivity contribution in [1.82, 2.24) is 5.32 Å². The minimum absolute atomic E-state index is 0.293. The summed E-state index contributed by atoms with van der Waals surface area (Å²) in [6.07, 6.45) is 6.64. The Hall–Kier alpha value is -1.02. The van der Waals surface area contributed by atoms with Crippen LogP contribution in [-0.2, 0) is 0 Å². The number of benzene rings is 1. The molecule has 0 spiro atoms. The van der Waals surface area contributed by atoms with Crippen LogP contribution in [0.5, 0.6) is 5.75 Å². The molecule has 0 saturated carbocycles. The molecular weight excluding hydrogens is 246 g/mol. The third kappa shape index (κ3) is 5.96. The fraction of sp³-hybridized carbons (Fsp3) is 0.667. The van der Waals surface area contributed by atoms with Crippen LogP contribution >= 0.6 is 0 Å². The molecule has 2 heteroatoms. The second-order valence-electron chi connectivity index (χ2n) is 5.59. The van der Waals surface area contributed by atoms with Crippen LogP contribution < -0.4 is 10.1 Å². The highest BCUT2D eigenvalue weighted by Gasteiger charge is 2.12. The van der Waals surface area contributed by atoms with E-state index in [1.807, 2.05) is 0 Å². The summed E-state index contributed by atoms with van der Waals surface area (Å²) in [4.78, 5) is 0. The fourth-order valence-corrected chi connectivity index (χ4v) is 2.50. The van der Waals surface area contributed by atoms with E-state index in [1.54, 1.807) is 0 Å². The molecule has 0 bridgehead atoms. The molecule has 1 aromatic carbocycles. The Bertz CT molecular complexity index is 364. The van der Waals surface area contributed by atoms with Crippen molar-refractivity contribution in [1.29, 1.82) is 0 Å². The molecule has 0 radical (unpaired) electrons. The third-order valence-corrected chi connectivity index (χ3v) is 3.69. The summed E-state index contributed by atoms with van der Waals surface area (Å²) in [7, 11) is 0. The summed E-state index contributed by atoms with van der Waals surface area (Å²) in [6.45, 7) is 9.73. The molecule has 0 aromatic heterocycles. The zero-order valence-corrected chi connectivity index (χ0v) is 13.6. The Morgan fingerprint density at radius 2 is 1.80 bits per heavy atom. The third-order valence-electron chi connectivity index (χ3n) is 3.69. The van der Waals surface area contributed by atoms with E-state index in [4.69, 9.17) is 4.74 Å². The molecule has 20 heavy (non-hydrogen) atoms. The highest BCUT2D eigenvalue weighted by Crippen LogP contribution is 2.26. The quantitative estimate of drug-likeness (QED) is 0.601. The van der Waals surface area contributed by atoms with Gasteiger partial charge in [0.15, 0.2) is 0 Å². The van der Waals surface area contributed by atoms with Crippen LogP contribution in [0.25, 0.3) is 0 Å². The highest BCUT2D eigenvalue weighted by atomic mass is 16.5. The average Bonchev–Trinajstić information content (AvgIpc) is 2.44. The van der Waals surface area contributed by atoms with Crippen molar-refractivity contribution in [3.8, 4) is 5.75 Å². The van der Waals surface area contributed by atoms with E-state index >= 15 is 0 Å². The molecule has 0 amide bonds. The van der Waals surface area contributed by atoms with Gasteiger partial charge in [-0.25, -0.2) is 0 Å². The zero-order valence-electron chi connectivity index (χ0n) is 13.6. The highest BCUT2D eigenvalue weighted by molar-refractivity contribution is 5.35. The van der Waals surface area contributed by atoms with Crippen molar-refractivity contribution in [3.63, 3.8) is 0 Å². The summed E-state index contributed by atoms with van der Waals surface area (Å²) in [6, 6.07) is 8.73. The standard InChI is InChI=1S/C18H31NO/c1-5-7-8-9-12-15(3)20-18-14-11-10-13-17(18)16(4)19-6-2/h10-11,13-16,19H,5-9,12H2,1-4H3. The van der Waals surface area contributed by atoms with E-state index in [-0.39, 0.29) is 0 Å². The lowest BCUT2D eigenvalue weighted by molar-refractivity contribution is 0.203. The molecule has 0 heterocycles. The van der Waals surface area contributed by atoms with Crippen LogP contribution in [0.15, 0.2) is 24.3 Å². The van der Waals surface area contributed by atoms with Crippen molar-refractivity contribution >= 4 is 0 Å². The second kappa shape index (κ2) is 9.82. The summed E-state index contributed by atoms with van der Waals surface area (Å²) in [5.41, 5.74) is 1.26. The van der Waals surface area contributed by atoms with Gasteiger partial charge >= 0.3 is 0 Å². The van der Waals surface area contributed by atoms with Gasteiger partial charge in [0, 0.05) is 11.6 Å². The summed E-state index contributed by atoms with van der Waals surface area (Å²) >= 11 is 0. The average molecular weight is 277 g/mol. The molecule has 0 aliphatic heterocycles. The number of nitrogens with one attached hydrogen (secondary N) is 1. The van der Waals surface area contributed by atoms with Gasteiger partial charge in [-0.05, 0) is 39.3 Å². The molecule has 0 fully saturated rings. The van der Waals surface area contributed by atoms with Crippen LogP contribution in [-0.4, -0.2) is 12.6 Å². The van der Waals surface area contributed by atoms with Crippen LogP contribution in [0, 0.1) is 0 Å². The Morgan fingerprint density at radius 1 is 1.05 bits per heavy atom. The maximum absolute atomic E-state index is 6.15. The smallest absolute Gasteiger partial charge is 0.124 e. The maximum Gasteiger partial charge on any atom is 0.124 e. The predicted molar refractivity (Wildman–Crippen MR) is 87.4 cm³/mol. The first-order chi connectivity index (χ1) is 9.69. The van der Waals surface area contributed by atoms with E-state index in [0.717, 1.165) is 18.7 Å². The van der Waals surface area contributed by atoms with Gasteiger partial charge < -0.3 is 10.1 Å². The number of hydrogen-bond acceptors (Lipinski definition) is 2. The zero-order chi connectivity index (χ0) is 14.8. The summed E-state index contributed by atoms with van der Waals surface area (Å²) in [5.74, 6) is 1.03. The monoisotopic (exact) mass is 277 g/mol. The Labute approximate surface area is 124 Å². The lowest BCUT2D eigenvalue weighted by Gasteiger charge is -2.21. The fourth-order valence-electron chi connectivity index (χ4n) is 2.50. The molecule has 2 nitrogen and oxygen atoms in total. The molecule has 0 aliphatic rings. The Balaban J connectivity index is 2.53. The molecule has 114 valence electrons. The number of hydrogen-bond donors (Lipinski definition) is 1. The SMILES string of the molecule is CCCCCCC(C)Oc1ccccc1C(C)NCC. The van der Waals surface area contributed by atoms with Crippen molar-refractivity contribution in [2.75, 3.05) is 6.54 Å². The second-order valence-corrected chi connectivity index (χ2v) is 5.59. The van der Waals surface area contributed by atoms with Gasteiger partial charge in [0.25, 0.3) is 0 Å².